The highest BCUT2D eigenvalue weighted by molar-refractivity contribution is 9.10. The Kier molecular flexibility index (Phi) is 4.37. The van der Waals surface area contributed by atoms with Gasteiger partial charge in [-0.3, -0.25) is 0 Å². The molecule has 2 aromatic rings. The van der Waals surface area contributed by atoms with Gasteiger partial charge in [-0.15, -0.1) is 0 Å². The molecule has 0 aromatic heterocycles. The normalized spacial score (nSPS) is 10.1. The molecule has 0 heterocycles. The van der Waals surface area contributed by atoms with Crippen LogP contribution in [-0.4, -0.2) is 4.99 Å². The molecule has 0 aliphatic carbocycles. The molecule has 2 N–H and O–H groups in total. The molecule has 0 aliphatic heterocycles. The lowest BCUT2D eigenvalue weighted by atomic mass is 10.2. The summed E-state index contributed by atoms with van der Waals surface area (Å²) in [6.45, 7) is 0. The number of nitrogens with two attached hydrogens (primary N) is 1. The van der Waals surface area contributed by atoms with E-state index >= 15 is 0 Å². The molecule has 2 nitrogen and oxygen atoms in total. The van der Waals surface area contributed by atoms with Crippen molar-refractivity contribution in [3.63, 3.8) is 0 Å². The third kappa shape index (κ3) is 3.31. The summed E-state index contributed by atoms with van der Waals surface area (Å²) in [6.07, 6.45) is 0. The van der Waals surface area contributed by atoms with Gasteiger partial charge in [0, 0.05) is 8.95 Å². The van der Waals surface area contributed by atoms with Crippen LogP contribution in [0.15, 0.2) is 51.4 Å². The minimum atomic E-state index is 0.312. The molecule has 5 heteroatoms. The fraction of sp³-hybridized carbons (Fsp3) is 0. The second kappa shape index (κ2) is 5.82. The molecule has 2 rings (SSSR count). The average Bonchev–Trinajstić information content (AvgIpc) is 2.28. The maximum atomic E-state index is 5.80. The number of halogens is 2. The lowest BCUT2D eigenvalue weighted by Crippen LogP contribution is -2.10. The summed E-state index contributed by atoms with van der Waals surface area (Å²) >= 11 is 11.8. The van der Waals surface area contributed by atoms with Gasteiger partial charge in [-0.25, -0.2) is 0 Å². The van der Waals surface area contributed by atoms with Gasteiger partial charge >= 0.3 is 0 Å². The fourth-order valence-electron chi connectivity index (χ4n) is 1.44. The van der Waals surface area contributed by atoms with Crippen molar-refractivity contribution in [3.8, 4) is 11.5 Å². The second-order valence-corrected chi connectivity index (χ2v) is 5.84. The molecular weight excluding hydrogens is 378 g/mol. The van der Waals surface area contributed by atoms with Gasteiger partial charge in [0.2, 0.25) is 0 Å². The molecule has 0 amide bonds. The Bertz CT molecular complexity index is 601. The minimum absolute atomic E-state index is 0.312. The highest BCUT2D eigenvalue weighted by Gasteiger charge is 2.08. The molecule has 0 saturated carbocycles. The van der Waals surface area contributed by atoms with Gasteiger partial charge < -0.3 is 10.5 Å². The van der Waals surface area contributed by atoms with Crippen LogP contribution < -0.4 is 10.5 Å². The van der Waals surface area contributed by atoms with E-state index in [4.69, 9.17) is 22.7 Å². The number of rotatable bonds is 3. The Morgan fingerprint density at radius 3 is 2.44 bits per heavy atom. The largest absolute Gasteiger partial charge is 0.457 e. The number of benzene rings is 2. The van der Waals surface area contributed by atoms with Crippen LogP contribution in [0.5, 0.6) is 11.5 Å². The lowest BCUT2D eigenvalue weighted by Gasteiger charge is -2.11. The lowest BCUT2D eigenvalue weighted by molar-refractivity contribution is 0.481. The summed E-state index contributed by atoms with van der Waals surface area (Å²) in [6, 6.07) is 13.1. The maximum Gasteiger partial charge on any atom is 0.138 e. The molecule has 92 valence electrons. The van der Waals surface area contributed by atoms with Crippen LogP contribution >= 0.6 is 44.1 Å². The van der Waals surface area contributed by atoms with Crippen molar-refractivity contribution in [2.24, 2.45) is 5.73 Å². The Morgan fingerprint density at radius 2 is 1.78 bits per heavy atom. The molecular formula is C13H9Br2NOS. The highest BCUT2D eigenvalue weighted by Crippen LogP contribution is 2.29. The maximum absolute atomic E-state index is 5.80. The molecule has 0 atom stereocenters. The molecule has 2 aromatic carbocycles. The van der Waals surface area contributed by atoms with Crippen LogP contribution in [0.2, 0.25) is 0 Å². The van der Waals surface area contributed by atoms with Gasteiger partial charge in [0.1, 0.15) is 16.5 Å². The van der Waals surface area contributed by atoms with E-state index < -0.39 is 0 Å². The third-order valence-electron chi connectivity index (χ3n) is 2.23. The zero-order valence-corrected chi connectivity index (χ0v) is 13.2. The molecule has 0 fully saturated rings. The van der Waals surface area contributed by atoms with Crippen LogP contribution in [0.3, 0.4) is 0 Å². The van der Waals surface area contributed by atoms with Crippen molar-refractivity contribution < 1.29 is 4.74 Å². The molecule has 0 spiro atoms. The Hall–Kier alpha value is -0.910. The number of hydrogen-bond acceptors (Lipinski definition) is 2. The van der Waals surface area contributed by atoms with Crippen molar-refractivity contribution in [2.75, 3.05) is 0 Å². The van der Waals surface area contributed by atoms with E-state index in [9.17, 15) is 0 Å². The summed E-state index contributed by atoms with van der Waals surface area (Å²) in [5, 5.41) is 0. The van der Waals surface area contributed by atoms with Gasteiger partial charge in [0.05, 0.1) is 5.56 Å². The van der Waals surface area contributed by atoms with Crippen LogP contribution in [-0.2, 0) is 0 Å². The minimum Gasteiger partial charge on any atom is -0.457 e. The molecule has 0 aliphatic rings. The van der Waals surface area contributed by atoms with Crippen LogP contribution in [0, 0.1) is 0 Å². The SMILES string of the molecule is NC(=S)c1ccc(Br)cc1Oc1cccc(Br)c1. The number of ether oxygens (including phenoxy) is 1. The Morgan fingerprint density at radius 1 is 1.06 bits per heavy atom. The molecule has 0 radical (unpaired) electrons. The number of hydrogen-bond donors (Lipinski definition) is 1. The second-order valence-electron chi connectivity index (χ2n) is 3.56. The molecule has 18 heavy (non-hydrogen) atoms. The smallest absolute Gasteiger partial charge is 0.138 e. The van der Waals surface area contributed by atoms with Crippen LogP contribution in [0.25, 0.3) is 0 Å². The molecule has 0 bridgehead atoms. The van der Waals surface area contributed by atoms with Gasteiger partial charge in [0.15, 0.2) is 0 Å². The first kappa shape index (κ1) is 13.5. The van der Waals surface area contributed by atoms with Crippen molar-refractivity contribution in [1.29, 1.82) is 0 Å². The van der Waals surface area contributed by atoms with E-state index in [-0.39, 0.29) is 0 Å². The highest BCUT2D eigenvalue weighted by atomic mass is 79.9. The number of thiocarbonyl (C=S) groups is 1. The van der Waals surface area contributed by atoms with Crippen LogP contribution in [0.1, 0.15) is 5.56 Å². The van der Waals surface area contributed by atoms with Gasteiger partial charge in [-0.05, 0) is 36.4 Å². The monoisotopic (exact) mass is 385 g/mol. The van der Waals surface area contributed by atoms with E-state index in [1.807, 2.05) is 42.5 Å². The van der Waals surface area contributed by atoms with Crippen molar-refractivity contribution in [1.82, 2.24) is 0 Å². The first-order valence-corrected chi connectivity index (χ1v) is 7.08. The molecule has 0 saturated heterocycles. The molecule has 0 unspecified atom stereocenters. The average molecular weight is 387 g/mol. The predicted molar refractivity (Wildman–Crippen MR) is 84.2 cm³/mol. The van der Waals surface area contributed by atoms with E-state index in [2.05, 4.69) is 31.9 Å². The van der Waals surface area contributed by atoms with Crippen molar-refractivity contribution in [2.45, 2.75) is 0 Å². The van der Waals surface area contributed by atoms with E-state index in [0.29, 0.717) is 16.3 Å². The first-order valence-electron chi connectivity index (χ1n) is 5.09. The van der Waals surface area contributed by atoms with Gasteiger partial charge in [-0.2, -0.15) is 0 Å². The fourth-order valence-corrected chi connectivity index (χ4v) is 2.33. The van der Waals surface area contributed by atoms with E-state index in [0.717, 1.165) is 14.7 Å². The summed E-state index contributed by atoms with van der Waals surface area (Å²) in [5.74, 6) is 1.36. The summed E-state index contributed by atoms with van der Waals surface area (Å²) in [5.41, 5.74) is 6.39. The first-order chi connectivity index (χ1) is 8.56. The van der Waals surface area contributed by atoms with Crippen molar-refractivity contribution >= 4 is 49.1 Å². The topological polar surface area (TPSA) is 35.2 Å². The quantitative estimate of drug-likeness (QED) is 0.780. The van der Waals surface area contributed by atoms with Gasteiger partial charge in [0.25, 0.3) is 0 Å². The summed E-state index contributed by atoms with van der Waals surface area (Å²) < 4.78 is 7.67. The zero-order chi connectivity index (χ0) is 13.1. The van der Waals surface area contributed by atoms with E-state index in [1.165, 1.54) is 0 Å². The Labute approximate surface area is 127 Å². The third-order valence-corrected chi connectivity index (χ3v) is 3.44. The Balaban J connectivity index is 2.39. The summed E-state index contributed by atoms with van der Waals surface area (Å²) in [4.78, 5) is 0.312. The summed E-state index contributed by atoms with van der Waals surface area (Å²) in [7, 11) is 0. The van der Waals surface area contributed by atoms with E-state index in [1.54, 1.807) is 0 Å². The predicted octanol–water partition coefficient (Wildman–Crippen LogP) is 4.64. The van der Waals surface area contributed by atoms with Crippen molar-refractivity contribution in [3.05, 3.63) is 57.0 Å². The zero-order valence-electron chi connectivity index (χ0n) is 9.19. The van der Waals surface area contributed by atoms with Gasteiger partial charge in [-0.1, -0.05) is 50.1 Å². The van der Waals surface area contributed by atoms with Crippen LogP contribution in [0.4, 0.5) is 0 Å². The standard InChI is InChI=1S/C13H9Br2NOS/c14-8-2-1-3-10(6-8)17-12-7-9(15)4-5-11(12)13(16)18/h1-7H,(H2,16,18).